The van der Waals surface area contributed by atoms with Gasteiger partial charge in [0.25, 0.3) is 0 Å². The lowest BCUT2D eigenvalue weighted by Gasteiger charge is -2.14. The van der Waals surface area contributed by atoms with Gasteiger partial charge in [-0.15, -0.1) is 0 Å². The van der Waals surface area contributed by atoms with Crippen LogP contribution in [-0.4, -0.2) is 20.0 Å². The number of nitrogens with one attached hydrogen (secondary N) is 1. The molecule has 1 N–H and O–H groups in total. The first-order valence-corrected chi connectivity index (χ1v) is 7.94. The quantitative estimate of drug-likeness (QED) is 0.379. The highest BCUT2D eigenvalue weighted by atomic mass is 19.4. The first-order valence-electron chi connectivity index (χ1n) is 7.94. The summed E-state index contributed by atoms with van der Waals surface area (Å²) in [6, 6.07) is 5.35. The molecular formula is C19H15F6NO3. The van der Waals surface area contributed by atoms with E-state index in [9.17, 15) is 31.1 Å². The second kappa shape index (κ2) is 8.46. The van der Waals surface area contributed by atoms with Crippen LogP contribution in [0.1, 0.15) is 21.5 Å². The summed E-state index contributed by atoms with van der Waals surface area (Å²) in [7, 11) is 2.78. The number of allylic oxidation sites excluding steroid dienone is 1. The van der Waals surface area contributed by atoms with Crippen molar-refractivity contribution in [3.8, 4) is 11.5 Å². The lowest BCUT2D eigenvalue weighted by Crippen LogP contribution is -2.11. The van der Waals surface area contributed by atoms with E-state index in [-0.39, 0.29) is 17.4 Å². The molecule has 0 radical (unpaired) electrons. The van der Waals surface area contributed by atoms with Crippen LogP contribution in [0.4, 0.5) is 32.0 Å². The van der Waals surface area contributed by atoms with E-state index in [0.717, 1.165) is 12.3 Å². The number of rotatable bonds is 6. The molecule has 0 aliphatic heterocycles. The van der Waals surface area contributed by atoms with Gasteiger partial charge in [-0.2, -0.15) is 26.3 Å². The summed E-state index contributed by atoms with van der Waals surface area (Å²) in [5.41, 5.74) is -3.21. The molecule has 29 heavy (non-hydrogen) atoms. The molecule has 0 aromatic heterocycles. The molecule has 0 aliphatic rings. The fourth-order valence-corrected chi connectivity index (χ4v) is 2.34. The van der Waals surface area contributed by atoms with Crippen molar-refractivity contribution < 1.29 is 40.6 Å². The zero-order chi connectivity index (χ0) is 21.8. The van der Waals surface area contributed by atoms with Gasteiger partial charge in [-0.3, -0.25) is 4.79 Å². The van der Waals surface area contributed by atoms with Crippen LogP contribution in [0.5, 0.6) is 11.5 Å². The fraction of sp³-hybridized carbons (Fsp3) is 0.211. The van der Waals surface area contributed by atoms with Crippen molar-refractivity contribution in [1.82, 2.24) is 0 Å². The van der Waals surface area contributed by atoms with Crippen molar-refractivity contribution in [3.63, 3.8) is 0 Å². The predicted molar refractivity (Wildman–Crippen MR) is 93.1 cm³/mol. The zero-order valence-electron chi connectivity index (χ0n) is 15.1. The molecule has 0 aliphatic carbocycles. The van der Waals surface area contributed by atoms with E-state index in [0.29, 0.717) is 17.9 Å². The van der Waals surface area contributed by atoms with Gasteiger partial charge in [0.05, 0.1) is 25.3 Å². The molecule has 0 saturated carbocycles. The Morgan fingerprint density at radius 3 is 1.90 bits per heavy atom. The Labute approximate surface area is 161 Å². The second-order valence-corrected chi connectivity index (χ2v) is 5.71. The molecule has 0 heterocycles. The highest BCUT2D eigenvalue weighted by Gasteiger charge is 2.36. The van der Waals surface area contributed by atoms with E-state index in [4.69, 9.17) is 9.47 Å². The van der Waals surface area contributed by atoms with Crippen molar-refractivity contribution in [3.05, 3.63) is 65.4 Å². The largest absolute Gasteiger partial charge is 0.493 e. The summed E-state index contributed by atoms with van der Waals surface area (Å²) in [6.07, 6.45) is -8.00. The molecule has 2 aromatic rings. The van der Waals surface area contributed by atoms with Crippen molar-refractivity contribution in [2.75, 3.05) is 19.5 Å². The van der Waals surface area contributed by atoms with Gasteiger partial charge in [0.15, 0.2) is 17.3 Å². The number of hydrogen-bond acceptors (Lipinski definition) is 4. The molecule has 0 spiro atoms. The maximum Gasteiger partial charge on any atom is 0.416 e. The Kier molecular flexibility index (Phi) is 6.45. The van der Waals surface area contributed by atoms with Crippen LogP contribution in [0.25, 0.3) is 0 Å². The number of carbonyl (C=O) groups excluding carboxylic acids is 1. The van der Waals surface area contributed by atoms with Crippen LogP contribution >= 0.6 is 0 Å². The van der Waals surface area contributed by atoms with E-state index in [1.807, 2.05) is 0 Å². The Morgan fingerprint density at radius 1 is 0.862 bits per heavy atom. The smallest absolute Gasteiger partial charge is 0.416 e. The van der Waals surface area contributed by atoms with Gasteiger partial charge in [-0.05, 0) is 36.4 Å². The van der Waals surface area contributed by atoms with Crippen LogP contribution in [0.3, 0.4) is 0 Å². The average molecular weight is 419 g/mol. The van der Waals surface area contributed by atoms with Gasteiger partial charge < -0.3 is 14.8 Å². The SMILES string of the molecule is COc1ccc(C(=O)C=CNc2cc(C(F)(F)F)cc(C(F)(F)F)c2)cc1OC. The highest BCUT2D eigenvalue weighted by Crippen LogP contribution is 2.37. The van der Waals surface area contributed by atoms with E-state index >= 15 is 0 Å². The van der Waals surface area contributed by atoms with E-state index in [1.54, 1.807) is 0 Å². The van der Waals surface area contributed by atoms with Crippen molar-refractivity contribution in [2.24, 2.45) is 0 Å². The number of alkyl halides is 6. The third-order valence-corrected chi connectivity index (χ3v) is 3.74. The Balaban J connectivity index is 2.24. The lowest BCUT2D eigenvalue weighted by atomic mass is 10.1. The molecule has 10 heteroatoms. The van der Waals surface area contributed by atoms with Gasteiger partial charge >= 0.3 is 12.4 Å². The molecule has 2 rings (SSSR count). The minimum absolute atomic E-state index is 0.0175. The summed E-state index contributed by atoms with van der Waals surface area (Å²) in [4.78, 5) is 12.2. The first kappa shape index (κ1) is 22.1. The topological polar surface area (TPSA) is 47.6 Å². The molecule has 0 saturated heterocycles. The maximum absolute atomic E-state index is 12.9. The summed E-state index contributed by atoms with van der Waals surface area (Å²) in [5.74, 6) is 0.115. The highest BCUT2D eigenvalue weighted by molar-refractivity contribution is 6.05. The van der Waals surface area contributed by atoms with Gasteiger partial charge in [-0.25, -0.2) is 0 Å². The standard InChI is InChI=1S/C19H15F6NO3/c1-28-16-4-3-11(7-17(16)29-2)15(27)5-6-26-14-9-12(18(20,21)22)8-13(10-14)19(23,24)25/h3-10,26H,1-2H3. The van der Waals surface area contributed by atoms with Gasteiger partial charge in [0.1, 0.15) is 0 Å². The van der Waals surface area contributed by atoms with Crippen LogP contribution in [0.2, 0.25) is 0 Å². The number of halogens is 6. The summed E-state index contributed by atoms with van der Waals surface area (Å²) in [6.45, 7) is 0. The monoisotopic (exact) mass is 419 g/mol. The number of benzene rings is 2. The summed E-state index contributed by atoms with van der Waals surface area (Å²) >= 11 is 0. The zero-order valence-corrected chi connectivity index (χ0v) is 15.1. The van der Waals surface area contributed by atoms with E-state index in [1.165, 1.54) is 32.4 Å². The molecule has 0 bridgehead atoms. The third kappa shape index (κ3) is 5.66. The van der Waals surface area contributed by atoms with Crippen molar-refractivity contribution in [2.45, 2.75) is 12.4 Å². The number of hydrogen-bond donors (Lipinski definition) is 1. The minimum atomic E-state index is -4.96. The number of carbonyl (C=O) groups is 1. The molecule has 0 atom stereocenters. The number of anilines is 1. The molecule has 2 aromatic carbocycles. The van der Waals surface area contributed by atoms with Crippen LogP contribution < -0.4 is 14.8 Å². The third-order valence-electron chi connectivity index (χ3n) is 3.74. The number of ketones is 1. The van der Waals surface area contributed by atoms with E-state index in [2.05, 4.69) is 5.32 Å². The van der Waals surface area contributed by atoms with Crippen molar-refractivity contribution in [1.29, 1.82) is 0 Å². The van der Waals surface area contributed by atoms with Gasteiger partial charge in [0, 0.05) is 23.5 Å². The maximum atomic E-state index is 12.9. The predicted octanol–water partition coefficient (Wildman–Crippen LogP) is 5.55. The number of ether oxygens (including phenoxy) is 2. The fourth-order valence-electron chi connectivity index (χ4n) is 2.34. The van der Waals surface area contributed by atoms with Crippen molar-refractivity contribution >= 4 is 11.5 Å². The summed E-state index contributed by atoms with van der Waals surface area (Å²) < 4.78 is 87.2. The normalized spacial score (nSPS) is 12.1. The first-order chi connectivity index (χ1) is 13.5. The van der Waals surface area contributed by atoms with E-state index < -0.39 is 35.0 Å². The second-order valence-electron chi connectivity index (χ2n) is 5.71. The Morgan fingerprint density at radius 2 is 1.41 bits per heavy atom. The molecule has 4 nitrogen and oxygen atoms in total. The van der Waals surface area contributed by atoms with Crippen LogP contribution in [-0.2, 0) is 12.4 Å². The molecule has 0 amide bonds. The van der Waals surface area contributed by atoms with Gasteiger partial charge in [-0.1, -0.05) is 0 Å². The molecule has 0 unspecified atom stereocenters. The number of methoxy groups -OCH3 is 2. The molecule has 156 valence electrons. The molecule has 0 fully saturated rings. The minimum Gasteiger partial charge on any atom is -0.493 e. The van der Waals surface area contributed by atoms with Gasteiger partial charge in [0.2, 0.25) is 0 Å². The summed E-state index contributed by atoms with van der Waals surface area (Å²) in [5, 5.41) is 2.26. The Hall–Kier alpha value is -3.17. The van der Waals surface area contributed by atoms with Crippen LogP contribution in [0.15, 0.2) is 48.7 Å². The Bertz CT molecular complexity index is 887. The molecular weight excluding hydrogens is 404 g/mol. The van der Waals surface area contributed by atoms with Crippen LogP contribution in [0, 0.1) is 0 Å². The lowest BCUT2D eigenvalue weighted by molar-refractivity contribution is -0.143. The average Bonchev–Trinajstić information content (AvgIpc) is 2.65.